The molecule has 0 atom stereocenters. The molecule has 0 saturated heterocycles. The Hall–Kier alpha value is -2.14. The Balaban J connectivity index is 1.81. The van der Waals surface area contributed by atoms with Crippen molar-refractivity contribution in [1.29, 1.82) is 0 Å². The molecule has 5 heteroatoms. The summed E-state index contributed by atoms with van der Waals surface area (Å²) in [6.45, 7) is 3.51. The highest BCUT2D eigenvalue weighted by Crippen LogP contribution is 2.41. The summed E-state index contributed by atoms with van der Waals surface area (Å²) in [5.74, 6) is 0.437. The third kappa shape index (κ3) is 3.79. The number of carbonyl (C=O) groups is 1. The zero-order valence-corrected chi connectivity index (χ0v) is 14.0. The number of likely N-dealkylation sites (N-methyl/N-ethyl adjacent to an activating group) is 1. The second kappa shape index (κ2) is 6.54. The molecule has 1 aliphatic carbocycles. The van der Waals surface area contributed by atoms with Crippen LogP contribution in [0.1, 0.15) is 40.5 Å². The normalized spacial score (nSPS) is 14.3. The summed E-state index contributed by atoms with van der Waals surface area (Å²) in [6.07, 6.45) is 2.36. The molecule has 1 amide bonds. The van der Waals surface area contributed by atoms with Crippen LogP contribution in [0.5, 0.6) is 0 Å². The van der Waals surface area contributed by atoms with Gasteiger partial charge in [0.25, 0.3) is 5.91 Å². The first kappa shape index (κ1) is 15.7. The van der Waals surface area contributed by atoms with Crippen LogP contribution in [0.2, 0.25) is 0 Å². The predicted octanol–water partition coefficient (Wildman–Crippen LogP) is 2.35. The van der Waals surface area contributed by atoms with Crippen molar-refractivity contribution in [3.05, 3.63) is 47.3 Å². The summed E-state index contributed by atoms with van der Waals surface area (Å²) in [7, 11) is 3.98. The molecule has 1 aliphatic rings. The molecule has 23 heavy (non-hydrogen) atoms. The van der Waals surface area contributed by atoms with E-state index in [0.717, 1.165) is 17.9 Å². The minimum atomic E-state index is -0.0976. The second-order valence-electron chi connectivity index (χ2n) is 6.54. The van der Waals surface area contributed by atoms with E-state index in [1.807, 2.05) is 29.7 Å². The van der Waals surface area contributed by atoms with Gasteiger partial charge in [-0.2, -0.15) is 5.10 Å². The van der Waals surface area contributed by atoms with Gasteiger partial charge in [-0.3, -0.25) is 4.79 Å². The first-order chi connectivity index (χ1) is 11.0. The van der Waals surface area contributed by atoms with Crippen molar-refractivity contribution in [3.8, 4) is 5.69 Å². The first-order valence-corrected chi connectivity index (χ1v) is 8.14. The van der Waals surface area contributed by atoms with Gasteiger partial charge in [0.2, 0.25) is 0 Å². The van der Waals surface area contributed by atoms with Crippen LogP contribution in [0, 0.1) is 6.92 Å². The van der Waals surface area contributed by atoms with Gasteiger partial charge in [-0.05, 0) is 52.1 Å². The molecular weight excluding hydrogens is 288 g/mol. The SMILES string of the molecule is Cc1ccc(-n2nc(C(=O)NCCN(C)C)cc2C2CC2)cc1. The molecule has 0 aliphatic heterocycles. The zero-order chi connectivity index (χ0) is 16.4. The lowest BCUT2D eigenvalue weighted by Crippen LogP contribution is -2.31. The lowest BCUT2D eigenvalue weighted by molar-refractivity contribution is 0.0945. The number of aryl methyl sites for hydroxylation is 1. The molecule has 1 N–H and O–H groups in total. The number of amides is 1. The third-order valence-electron chi connectivity index (χ3n) is 4.09. The molecule has 1 aromatic heterocycles. The number of carbonyl (C=O) groups excluding carboxylic acids is 1. The van der Waals surface area contributed by atoms with Crippen LogP contribution in [0.4, 0.5) is 0 Å². The van der Waals surface area contributed by atoms with E-state index in [4.69, 9.17) is 0 Å². The van der Waals surface area contributed by atoms with Crippen molar-refractivity contribution in [2.45, 2.75) is 25.7 Å². The van der Waals surface area contributed by atoms with E-state index in [1.165, 1.54) is 18.4 Å². The number of hydrogen-bond acceptors (Lipinski definition) is 3. The van der Waals surface area contributed by atoms with E-state index in [9.17, 15) is 4.79 Å². The van der Waals surface area contributed by atoms with E-state index in [2.05, 4.69) is 41.6 Å². The van der Waals surface area contributed by atoms with Gasteiger partial charge in [0, 0.05) is 24.7 Å². The fraction of sp³-hybridized carbons (Fsp3) is 0.444. The molecule has 1 saturated carbocycles. The summed E-state index contributed by atoms with van der Waals surface area (Å²) in [6, 6.07) is 10.2. The highest BCUT2D eigenvalue weighted by Gasteiger charge is 2.29. The van der Waals surface area contributed by atoms with Gasteiger partial charge in [-0.1, -0.05) is 17.7 Å². The fourth-order valence-corrected chi connectivity index (χ4v) is 2.55. The van der Waals surface area contributed by atoms with E-state index >= 15 is 0 Å². The van der Waals surface area contributed by atoms with Crippen LogP contribution in [0.25, 0.3) is 5.69 Å². The average Bonchev–Trinajstić information content (AvgIpc) is 3.26. The van der Waals surface area contributed by atoms with Gasteiger partial charge in [-0.15, -0.1) is 0 Å². The van der Waals surface area contributed by atoms with E-state index < -0.39 is 0 Å². The van der Waals surface area contributed by atoms with Crippen LogP contribution >= 0.6 is 0 Å². The number of aromatic nitrogens is 2. The van der Waals surface area contributed by atoms with Gasteiger partial charge in [0.1, 0.15) is 0 Å². The topological polar surface area (TPSA) is 50.2 Å². The number of benzene rings is 1. The summed E-state index contributed by atoms with van der Waals surface area (Å²) in [5, 5.41) is 7.49. The number of nitrogens with zero attached hydrogens (tertiary/aromatic N) is 3. The third-order valence-corrected chi connectivity index (χ3v) is 4.09. The van der Waals surface area contributed by atoms with Crippen LogP contribution in [0.3, 0.4) is 0 Å². The Morgan fingerprint density at radius 2 is 2.00 bits per heavy atom. The molecular formula is C18H24N4O. The maximum Gasteiger partial charge on any atom is 0.271 e. The maximum absolute atomic E-state index is 12.3. The van der Waals surface area contributed by atoms with Crippen molar-refractivity contribution in [1.82, 2.24) is 20.0 Å². The van der Waals surface area contributed by atoms with E-state index in [1.54, 1.807) is 0 Å². The molecule has 0 radical (unpaired) electrons. The van der Waals surface area contributed by atoms with Gasteiger partial charge in [-0.25, -0.2) is 4.68 Å². The number of hydrogen-bond donors (Lipinski definition) is 1. The summed E-state index contributed by atoms with van der Waals surface area (Å²) in [4.78, 5) is 14.4. The standard InChI is InChI=1S/C18H24N4O/c1-13-4-8-15(9-5-13)22-17(14-6-7-14)12-16(20-22)18(23)19-10-11-21(2)3/h4-5,8-9,12,14H,6-7,10-11H2,1-3H3,(H,19,23). The molecule has 0 unspecified atom stereocenters. The van der Waals surface area contributed by atoms with Crippen LogP contribution in [0.15, 0.2) is 30.3 Å². The second-order valence-corrected chi connectivity index (χ2v) is 6.54. The molecule has 1 aromatic carbocycles. The molecule has 0 spiro atoms. The molecule has 2 aromatic rings. The van der Waals surface area contributed by atoms with Gasteiger partial charge < -0.3 is 10.2 Å². The van der Waals surface area contributed by atoms with Crippen molar-refractivity contribution in [2.24, 2.45) is 0 Å². The van der Waals surface area contributed by atoms with Crippen LogP contribution < -0.4 is 5.32 Å². The first-order valence-electron chi connectivity index (χ1n) is 8.14. The Bertz CT molecular complexity index is 684. The van der Waals surface area contributed by atoms with Gasteiger partial charge >= 0.3 is 0 Å². The molecule has 5 nitrogen and oxygen atoms in total. The Kier molecular flexibility index (Phi) is 4.48. The Morgan fingerprint density at radius 1 is 1.30 bits per heavy atom. The van der Waals surface area contributed by atoms with Crippen LogP contribution in [-0.2, 0) is 0 Å². The Labute approximate surface area is 137 Å². The summed E-state index contributed by atoms with van der Waals surface area (Å²) in [5.41, 5.74) is 3.89. The number of rotatable bonds is 6. The fourth-order valence-electron chi connectivity index (χ4n) is 2.55. The van der Waals surface area contributed by atoms with E-state index in [-0.39, 0.29) is 5.91 Å². The van der Waals surface area contributed by atoms with Gasteiger partial charge in [0.05, 0.1) is 5.69 Å². The molecule has 1 heterocycles. The Morgan fingerprint density at radius 3 is 2.61 bits per heavy atom. The molecule has 3 rings (SSSR count). The molecule has 122 valence electrons. The highest BCUT2D eigenvalue weighted by molar-refractivity contribution is 5.92. The number of nitrogens with one attached hydrogen (secondary N) is 1. The quantitative estimate of drug-likeness (QED) is 0.891. The van der Waals surface area contributed by atoms with Gasteiger partial charge in [0.15, 0.2) is 5.69 Å². The highest BCUT2D eigenvalue weighted by atomic mass is 16.1. The predicted molar refractivity (Wildman–Crippen MR) is 91.2 cm³/mol. The maximum atomic E-state index is 12.3. The molecule has 0 bridgehead atoms. The lowest BCUT2D eigenvalue weighted by atomic mass is 10.2. The van der Waals surface area contributed by atoms with Crippen molar-refractivity contribution in [3.63, 3.8) is 0 Å². The van der Waals surface area contributed by atoms with Crippen molar-refractivity contribution in [2.75, 3.05) is 27.2 Å². The van der Waals surface area contributed by atoms with Crippen LogP contribution in [-0.4, -0.2) is 47.8 Å². The minimum absolute atomic E-state index is 0.0976. The summed E-state index contributed by atoms with van der Waals surface area (Å²) >= 11 is 0. The van der Waals surface area contributed by atoms with Crippen molar-refractivity contribution < 1.29 is 4.79 Å². The monoisotopic (exact) mass is 312 g/mol. The summed E-state index contributed by atoms with van der Waals surface area (Å²) < 4.78 is 1.93. The average molecular weight is 312 g/mol. The smallest absolute Gasteiger partial charge is 0.271 e. The van der Waals surface area contributed by atoms with Crippen molar-refractivity contribution >= 4 is 5.91 Å². The lowest BCUT2D eigenvalue weighted by Gasteiger charge is -2.09. The molecule has 1 fully saturated rings. The minimum Gasteiger partial charge on any atom is -0.349 e. The largest absolute Gasteiger partial charge is 0.349 e. The zero-order valence-electron chi connectivity index (χ0n) is 14.0. The van der Waals surface area contributed by atoms with E-state index in [0.29, 0.717) is 18.2 Å².